The molecule has 168 valence electrons. The number of anilines is 1. The molecule has 5 rings (SSSR count). The van der Waals surface area contributed by atoms with E-state index in [1.54, 1.807) is 13.0 Å². The number of hydrogen-bond donors (Lipinski definition) is 1. The first kappa shape index (κ1) is 21.3. The number of rotatable bonds is 6. The van der Waals surface area contributed by atoms with E-state index >= 15 is 0 Å². The Hall–Kier alpha value is -3.51. The number of pyridine rings is 2. The fourth-order valence-electron chi connectivity index (χ4n) is 3.86. The van der Waals surface area contributed by atoms with Gasteiger partial charge in [0.25, 0.3) is 0 Å². The fourth-order valence-corrected chi connectivity index (χ4v) is 5.15. The molecule has 10 nitrogen and oxygen atoms in total. The maximum atomic E-state index is 12.9. The monoisotopic (exact) mass is 482 g/mol. The Balaban J connectivity index is 1.48. The van der Waals surface area contributed by atoms with Gasteiger partial charge in [-0.1, -0.05) is 0 Å². The molecule has 4 aromatic rings. The van der Waals surface area contributed by atoms with Gasteiger partial charge >= 0.3 is 5.97 Å². The van der Waals surface area contributed by atoms with Gasteiger partial charge in [0.15, 0.2) is 5.65 Å². The van der Waals surface area contributed by atoms with E-state index in [2.05, 4.69) is 19.3 Å². The molecule has 12 heteroatoms. The summed E-state index contributed by atoms with van der Waals surface area (Å²) in [6.07, 6.45) is 2.93. The van der Waals surface area contributed by atoms with E-state index < -0.39 is 11.4 Å². The van der Waals surface area contributed by atoms with Crippen molar-refractivity contribution in [2.45, 2.75) is 20.3 Å². The van der Waals surface area contributed by atoms with Crippen LogP contribution in [0.1, 0.15) is 26.6 Å². The maximum absolute atomic E-state index is 12.9. The zero-order valence-electron chi connectivity index (χ0n) is 17.7. The SMILES string of the molecule is Cc1csc(CC(=O)C2CN(c3cc(C)c4c(=O)c(C(=O)O)cn(-c5ncns5)c4n3)C2)n1. The molecule has 0 aromatic carbocycles. The molecule has 0 atom stereocenters. The van der Waals surface area contributed by atoms with Crippen LogP contribution in [0.3, 0.4) is 0 Å². The predicted octanol–water partition coefficient (Wildman–Crippen LogP) is 2.26. The molecule has 0 unspecified atom stereocenters. The van der Waals surface area contributed by atoms with Crippen LogP contribution in [0.2, 0.25) is 0 Å². The van der Waals surface area contributed by atoms with E-state index in [1.807, 2.05) is 17.2 Å². The summed E-state index contributed by atoms with van der Waals surface area (Å²) in [5.41, 5.74) is 0.883. The normalized spacial score (nSPS) is 13.9. The number of ketones is 1. The second-order valence-electron chi connectivity index (χ2n) is 7.89. The molecule has 1 aliphatic heterocycles. The molecule has 0 bridgehead atoms. The first-order valence-corrected chi connectivity index (χ1v) is 11.7. The van der Waals surface area contributed by atoms with Crippen LogP contribution >= 0.6 is 22.9 Å². The number of carbonyl (C=O) groups excluding carboxylic acids is 1. The van der Waals surface area contributed by atoms with Crippen molar-refractivity contribution in [1.29, 1.82) is 0 Å². The first-order valence-electron chi connectivity index (χ1n) is 10.1. The largest absolute Gasteiger partial charge is 0.477 e. The fraction of sp³-hybridized carbons (Fsp3) is 0.286. The minimum atomic E-state index is -1.32. The minimum absolute atomic E-state index is 0.105. The zero-order chi connectivity index (χ0) is 23.3. The Morgan fingerprint density at radius 2 is 2.03 bits per heavy atom. The summed E-state index contributed by atoms with van der Waals surface area (Å²) in [5.74, 6) is -0.653. The van der Waals surface area contributed by atoms with Gasteiger partial charge in [0.1, 0.15) is 28.5 Å². The molecule has 1 aliphatic rings. The van der Waals surface area contributed by atoms with E-state index in [0.29, 0.717) is 41.7 Å². The standard InChI is InChI=1S/C21H18N6O4S2/c1-10-3-15(26-5-12(6-26)14(28)4-16-24-11(2)8-32-16)25-19-17(10)18(29)13(20(30)31)7-27(19)21-22-9-23-33-21/h3,7-9,12H,4-6H2,1-2H3,(H,30,31). The average molecular weight is 483 g/mol. The summed E-state index contributed by atoms with van der Waals surface area (Å²) in [7, 11) is 0. The number of fused-ring (bicyclic) bond motifs is 1. The second-order valence-corrected chi connectivity index (χ2v) is 9.60. The van der Waals surface area contributed by atoms with Crippen LogP contribution in [0.5, 0.6) is 0 Å². The number of nitrogens with zero attached hydrogens (tertiary/aromatic N) is 6. The van der Waals surface area contributed by atoms with Crippen LogP contribution < -0.4 is 10.3 Å². The molecule has 0 saturated carbocycles. The number of Topliss-reactive ketones (excluding diaryl/α,β-unsaturated/α-hetero) is 1. The Morgan fingerprint density at radius 1 is 1.24 bits per heavy atom. The second kappa shape index (κ2) is 8.12. The lowest BCUT2D eigenvalue weighted by molar-refractivity contribution is -0.122. The minimum Gasteiger partial charge on any atom is -0.477 e. The van der Waals surface area contributed by atoms with Gasteiger partial charge in [-0.15, -0.1) is 11.3 Å². The lowest BCUT2D eigenvalue weighted by Crippen LogP contribution is -2.51. The summed E-state index contributed by atoms with van der Waals surface area (Å²) in [4.78, 5) is 52.3. The molecule has 0 aliphatic carbocycles. The van der Waals surface area contributed by atoms with E-state index in [9.17, 15) is 19.5 Å². The topological polar surface area (TPSA) is 131 Å². The molecule has 5 heterocycles. The Kier molecular flexibility index (Phi) is 5.25. The summed E-state index contributed by atoms with van der Waals surface area (Å²) < 4.78 is 5.47. The molecule has 0 amide bonds. The van der Waals surface area contributed by atoms with Gasteiger partial charge in [0.2, 0.25) is 10.6 Å². The molecular formula is C21H18N6O4S2. The van der Waals surface area contributed by atoms with Crippen molar-refractivity contribution in [2.75, 3.05) is 18.0 Å². The molecule has 0 radical (unpaired) electrons. The number of carbonyl (C=O) groups is 2. The van der Waals surface area contributed by atoms with Crippen molar-refractivity contribution in [1.82, 2.24) is 23.9 Å². The van der Waals surface area contributed by atoms with Gasteiger partial charge in [-0.25, -0.2) is 19.7 Å². The number of aromatic carboxylic acids is 1. The Bertz CT molecular complexity index is 1450. The molecule has 33 heavy (non-hydrogen) atoms. The van der Waals surface area contributed by atoms with Crippen molar-refractivity contribution >= 4 is 51.5 Å². The first-order chi connectivity index (χ1) is 15.8. The summed E-state index contributed by atoms with van der Waals surface area (Å²) in [6.45, 7) is 4.71. The highest BCUT2D eigenvalue weighted by Crippen LogP contribution is 2.29. The molecular weight excluding hydrogens is 464 g/mol. The van der Waals surface area contributed by atoms with Gasteiger partial charge in [-0.2, -0.15) is 4.37 Å². The molecule has 1 saturated heterocycles. The number of carboxylic acids is 1. The highest BCUT2D eigenvalue weighted by molar-refractivity contribution is 7.09. The van der Waals surface area contributed by atoms with Gasteiger partial charge in [-0.05, 0) is 25.5 Å². The number of aryl methyl sites for hydroxylation is 2. The van der Waals surface area contributed by atoms with Crippen LogP contribution in [-0.2, 0) is 11.2 Å². The summed E-state index contributed by atoms with van der Waals surface area (Å²) >= 11 is 2.56. The lowest BCUT2D eigenvalue weighted by atomic mass is 9.93. The van der Waals surface area contributed by atoms with Crippen LogP contribution in [0.4, 0.5) is 5.82 Å². The highest BCUT2D eigenvalue weighted by atomic mass is 32.1. The lowest BCUT2D eigenvalue weighted by Gasteiger charge is -2.39. The van der Waals surface area contributed by atoms with E-state index in [1.165, 1.54) is 28.4 Å². The maximum Gasteiger partial charge on any atom is 0.341 e. The van der Waals surface area contributed by atoms with E-state index in [-0.39, 0.29) is 22.7 Å². The van der Waals surface area contributed by atoms with Crippen molar-refractivity contribution in [3.8, 4) is 5.13 Å². The molecule has 4 aromatic heterocycles. The van der Waals surface area contributed by atoms with Crippen molar-refractivity contribution in [2.24, 2.45) is 5.92 Å². The van der Waals surface area contributed by atoms with E-state index in [4.69, 9.17) is 0 Å². The van der Waals surface area contributed by atoms with Crippen LogP contribution in [-0.4, -0.2) is 53.8 Å². The highest BCUT2D eigenvalue weighted by Gasteiger charge is 2.34. The molecule has 1 N–H and O–H groups in total. The predicted molar refractivity (Wildman–Crippen MR) is 124 cm³/mol. The smallest absolute Gasteiger partial charge is 0.341 e. The number of thiazole rings is 1. The number of aromatic nitrogens is 5. The van der Waals surface area contributed by atoms with Crippen molar-refractivity contribution in [3.63, 3.8) is 0 Å². The Labute approximate surface area is 195 Å². The van der Waals surface area contributed by atoms with Gasteiger partial charge < -0.3 is 10.0 Å². The summed E-state index contributed by atoms with van der Waals surface area (Å²) in [6, 6.07) is 1.75. The zero-order valence-corrected chi connectivity index (χ0v) is 19.3. The quantitative estimate of drug-likeness (QED) is 0.439. The van der Waals surface area contributed by atoms with Crippen molar-refractivity contribution < 1.29 is 14.7 Å². The molecule has 1 fully saturated rings. The third-order valence-electron chi connectivity index (χ3n) is 5.58. The molecule has 0 spiro atoms. The third-order valence-corrected chi connectivity index (χ3v) is 7.21. The number of carboxylic acid groups (broad SMARTS) is 1. The van der Waals surface area contributed by atoms with E-state index in [0.717, 1.165) is 22.2 Å². The van der Waals surface area contributed by atoms with Gasteiger partial charge in [-0.3, -0.25) is 14.2 Å². The summed E-state index contributed by atoms with van der Waals surface area (Å²) in [5, 5.41) is 12.9. The third kappa shape index (κ3) is 3.80. The van der Waals surface area contributed by atoms with Crippen molar-refractivity contribution in [3.05, 3.63) is 56.0 Å². The Morgan fingerprint density at radius 3 is 2.67 bits per heavy atom. The average Bonchev–Trinajstić information content (AvgIpc) is 3.38. The van der Waals surface area contributed by atoms with Crippen LogP contribution in [0.15, 0.2) is 28.8 Å². The number of hydrogen-bond acceptors (Lipinski definition) is 10. The van der Waals surface area contributed by atoms with Gasteiger partial charge in [0.05, 0.1) is 17.7 Å². The van der Waals surface area contributed by atoms with Crippen LogP contribution in [0, 0.1) is 19.8 Å². The van der Waals surface area contributed by atoms with Gasteiger partial charge in [0, 0.05) is 41.9 Å². The van der Waals surface area contributed by atoms with Crippen LogP contribution in [0.25, 0.3) is 16.2 Å².